The summed E-state index contributed by atoms with van der Waals surface area (Å²) >= 11 is 0. The molecule has 1 aliphatic carbocycles. The average Bonchev–Trinajstić information content (AvgIpc) is 2.40. The summed E-state index contributed by atoms with van der Waals surface area (Å²) in [4.78, 5) is 0. The van der Waals surface area contributed by atoms with Crippen molar-refractivity contribution in [3.63, 3.8) is 0 Å². The van der Waals surface area contributed by atoms with Crippen molar-refractivity contribution in [3.8, 4) is 0 Å². The van der Waals surface area contributed by atoms with Crippen LogP contribution in [0.4, 0.5) is 0 Å². The van der Waals surface area contributed by atoms with E-state index in [4.69, 9.17) is 0 Å². The lowest BCUT2D eigenvalue weighted by Gasteiger charge is -2.44. The van der Waals surface area contributed by atoms with E-state index in [9.17, 15) is 0 Å². The molecule has 0 amide bonds. The van der Waals surface area contributed by atoms with Gasteiger partial charge in [-0.2, -0.15) is 0 Å². The Labute approximate surface area is 111 Å². The van der Waals surface area contributed by atoms with Crippen molar-refractivity contribution in [3.05, 3.63) is 59.7 Å². The number of allylic oxidation sites excluding steroid dienone is 4. The fraction of sp³-hybridized carbons (Fsp3) is 0.444. The molecule has 0 unspecified atom stereocenters. The largest absolute Gasteiger partial charge is 0.0839 e. The Balaban J connectivity index is 2.39. The third-order valence-electron chi connectivity index (χ3n) is 4.77. The number of hydrogen-bond acceptors (Lipinski definition) is 0. The fourth-order valence-corrected chi connectivity index (χ4v) is 2.65. The summed E-state index contributed by atoms with van der Waals surface area (Å²) in [6, 6.07) is 10.9. The van der Waals surface area contributed by atoms with E-state index in [-0.39, 0.29) is 10.8 Å². The summed E-state index contributed by atoms with van der Waals surface area (Å²) in [5.74, 6) is 0. The van der Waals surface area contributed by atoms with E-state index in [2.05, 4.69) is 76.3 Å². The summed E-state index contributed by atoms with van der Waals surface area (Å²) < 4.78 is 0. The maximum absolute atomic E-state index is 2.41. The second kappa shape index (κ2) is 4.76. The van der Waals surface area contributed by atoms with Gasteiger partial charge in [0.25, 0.3) is 0 Å². The molecule has 0 aliphatic heterocycles. The van der Waals surface area contributed by atoms with Gasteiger partial charge in [-0.1, -0.05) is 76.3 Å². The van der Waals surface area contributed by atoms with Crippen LogP contribution in [-0.4, -0.2) is 0 Å². The Morgan fingerprint density at radius 2 is 1.50 bits per heavy atom. The zero-order valence-electron chi connectivity index (χ0n) is 12.0. The topological polar surface area (TPSA) is 0 Å². The van der Waals surface area contributed by atoms with Crippen LogP contribution in [0.25, 0.3) is 0 Å². The second-order valence-corrected chi connectivity index (χ2v) is 6.26. The van der Waals surface area contributed by atoms with E-state index in [0.717, 1.165) is 0 Å². The molecule has 0 fully saturated rings. The molecular weight excluding hydrogens is 216 g/mol. The molecule has 0 saturated heterocycles. The molecule has 0 radical (unpaired) electrons. The highest BCUT2D eigenvalue weighted by atomic mass is 14.4. The Kier molecular flexibility index (Phi) is 3.47. The molecule has 0 saturated carbocycles. The fourth-order valence-electron chi connectivity index (χ4n) is 2.65. The molecule has 1 aliphatic rings. The van der Waals surface area contributed by atoms with Crippen LogP contribution in [-0.2, 0) is 5.41 Å². The number of benzene rings is 1. The molecule has 0 bridgehead atoms. The Hall–Kier alpha value is -1.30. The van der Waals surface area contributed by atoms with Gasteiger partial charge in [0.1, 0.15) is 0 Å². The first-order valence-corrected chi connectivity index (χ1v) is 6.89. The lowest BCUT2D eigenvalue weighted by Crippen LogP contribution is -2.38. The smallest absolute Gasteiger partial charge is 0.00122 e. The summed E-state index contributed by atoms with van der Waals surface area (Å²) in [5, 5.41) is 0. The molecule has 0 N–H and O–H groups in total. The van der Waals surface area contributed by atoms with Crippen molar-refractivity contribution in [2.75, 3.05) is 0 Å². The van der Waals surface area contributed by atoms with Crippen LogP contribution >= 0.6 is 0 Å². The molecule has 2 rings (SSSR count). The van der Waals surface area contributed by atoms with E-state index in [1.165, 1.54) is 24.0 Å². The highest BCUT2D eigenvalue weighted by Gasteiger charge is 2.40. The third-order valence-corrected chi connectivity index (χ3v) is 4.77. The third kappa shape index (κ3) is 2.16. The van der Waals surface area contributed by atoms with Crippen LogP contribution in [0.1, 0.15) is 46.1 Å². The molecule has 0 aromatic heterocycles. The molecule has 0 nitrogen and oxygen atoms in total. The summed E-state index contributed by atoms with van der Waals surface area (Å²) in [7, 11) is 0. The van der Waals surface area contributed by atoms with Crippen LogP contribution < -0.4 is 0 Å². The summed E-state index contributed by atoms with van der Waals surface area (Å²) in [6.45, 7) is 9.43. The van der Waals surface area contributed by atoms with Crippen LogP contribution in [0, 0.1) is 5.41 Å². The van der Waals surface area contributed by atoms with E-state index >= 15 is 0 Å². The Morgan fingerprint density at radius 1 is 0.833 bits per heavy atom. The van der Waals surface area contributed by atoms with Crippen LogP contribution in [0.3, 0.4) is 0 Å². The van der Waals surface area contributed by atoms with Gasteiger partial charge in [0.05, 0.1) is 0 Å². The predicted molar refractivity (Wildman–Crippen MR) is 79.7 cm³/mol. The number of hydrogen-bond donors (Lipinski definition) is 0. The monoisotopic (exact) mass is 240 g/mol. The highest BCUT2D eigenvalue weighted by Crippen LogP contribution is 2.47. The zero-order chi connectivity index (χ0) is 13.2. The SMILES string of the molecule is CC(C)(C1=CCCC=C1)C(C)(C)c1ccccc1. The van der Waals surface area contributed by atoms with Gasteiger partial charge < -0.3 is 0 Å². The minimum atomic E-state index is 0.127. The van der Waals surface area contributed by atoms with Gasteiger partial charge in [-0.05, 0) is 34.8 Å². The maximum Gasteiger partial charge on any atom is -0.00122 e. The van der Waals surface area contributed by atoms with E-state index < -0.39 is 0 Å². The summed E-state index contributed by atoms with van der Waals surface area (Å²) in [5.41, 5.74) is 3.16. The van der Waals surface area contributed by atoms with Gasteiger partial charge in [-0.15, -0.1) is 0 Å². The molecule has 1 aromatic carbocycles. The lowest BCUT2D eigenvalue weighted by atomic mass is 9.60. The first kappa shape index (κ1) is 13.1. The molecule has 0 heterocycles. The van der Waals surface area contributed by atoms with E-state index in [0.29, 0.717) is 0 Å². The minimum Gasteiger partial charge on any atom is -0.0839 e. The average molecular weight is 240 g/mol. The first-order valence-electron chi connectivity index (χ1n) is 6.89. The molecule has 0 atom stereocenters. The Bertz CT molecular complexity index is 458. The van der Waals surface area contributed by atoms with Crippen molar-refractivity contribution in [2.24, 2.45) is 5.41 Å². The van der Waals surface area contributed by atoms with Crippen molar-refractivity contribution < 1.29 is 0 Å². The standard InChI is InChI=1S/C18H24/c1-17(2,15-11-7-5-8-12-15)18(3,4)16-13-9-6-10-14-16/h5,7-9,11-14H,6,10H2,1-4H3. The first-order chi connectivity index (χ1) is 8.46. The molecule has 0 heteroatoms. The maximum atomic E-state index is 2.41. The number of rotatable bonds is 3. The van der Waals surface area contributed by atoms with Crippen LogP contribution in [0.15, 0.2) is 54.1 Å². The van der Waals surface area contributed by atoms with Crippen molar-refractivity contribution >= 4 is 0 Å². The molecule has 18 heavy (non-hydrogen) atoms. The van der Waals surface area contributed by atoms with Gasteiger partial charge in [-0.25, -0.2) is 0 Å². The highest BCUT2D eigenvalue weighted by molar-refractivity contribution is 5.37. The quantitative estimate of drug-likeness (QED) is 0.675. The zero-order valence-corrected chi connectivity index (χ0v) is 12.0. The van der Waals surface area contributed by atoms with E-state index in [1.54, 1.807) is 0 Å². The van der Waals surface area contributed by atoms with Gasteiger partial charge in [0, 0.05) is 0 Å². The van der Waals surface area contributed by atoms with Crippen molar-refractivity contribution in [1.82, 2.24) is 0 Å². The van der Waals surface area contributed by atoms with Gasteiger partial charge >= 0.3 is 0 Å². The van der Waals surface area contributed by atoms with Crippen LogP contribution in [0.5, 0.6) is 0 Å². The van der Waals surface area contributed by atoms with Crippen molar-refractivity contribution in [2.45, 2.75) is 46.0 Å². The lowest BCUT2D eigenvalue weighted by molar-refractivity contribution is 0.253. The second-order valence-electron chi connectivity index (χ2n) is 6.26. The predicted octanol–water partition coefficient (Wildman–Crippen LogP) is 5.27. The molecule has 1 aromatic rings. The molecule has 96 valence electrons. The Morgan fingerprint density at radius 3 is 2.06 bits per heavy atom. The van der Waals surface area contributed by atoms with Gasteiger partial charge in [0.15, 0.2) is 0 Å². The van der Waals surface area contributed by atoms with Gasteiger partial charge in [0.2, 0.25) is 0 Å². The molecule has 0 spiro atoms. The minimum absolute atomic E-state index is 0.127. The molecular formula is C18H24. The van der Waals surface area contributed by atoms with Crippen LogP contribution in [0.2, 0.25) is 0 Å². The van der Waals surface area contributed by atoms with Gasteiger partial charge in [-0.3, -0.25) is 0 Å². The normalized spacial score (nSPS) is 16.6. The van der Waals surface area contributed by atoms with Crippen molar-refractivity contribution in [1.29, 1.82) is 0 Å². The van der Waals surface area contributed by atoms with E-state index in [1.807, 2.05) is 0 Å². The summed E-state index contributed by atoms with van der Waals surface area (Å²) in [6.07, 6.45) is 9.39.